The number of rotatable bonds is 0. The fourth-order valence-electron chi connectivity index (χ4n) is 1.62. The molecule has 0 aromatic rings. The average molecular weight is 238 g/mol. The van der Waals surface area contributed by atoms with Gasteiger partial charge in [-0.05, 0) is 13.3 Å². The summed E-state index contributed by atoms with van der Waals surface area (Å²) in [6.45, 7) is 3.53. The Balaban J connectivity index is 2.04. The Morgan fingerprint density at radius 1 is 1.67 bits per heavy atom. The molecule has 0 aliphatic carbocycles. The second-order valence-corrected chi connectivity index (χ2v) is 4.27. The highest BCUT2D eigenvalue weighted by atomic mass is 127. The van der Waals surface area contributed by atoms with E-state index in [0.717, 1.165) is 18.1 Å². The van der Waals surface area contributed by atoms with Gasteiger partial charge in [0.25, 0.3) is 0 Å². The first-order chi connectivity index (χ1) is 4.27. The SMILES string of the molecule is CC1C2CC(CN1I)N2. The molecule has 0 amide bonds. The van der Waals surface area contributed by atoms with E-state index in [1.807, 2.05) is 0 Å². The first kappa shape index (κ1) is 6.37. The largest absolute Gasteiger partial charge is 0.308 e. The maximum absolute atomic E-state index is 3.51. The molecule has 3 fully saturated rings. The molecular weight excluding hydrogens is 227 g/mol. The van der Waals surface area contributed by atoms with Crippen LogP contribution in [0.15, 0.2) is 0 Å². The fraction of sp³-hybridized carbons (Fsp3) is 1.00. The molecule has 0 radical (unpaired) electrons. The zero-order chi connectivity index (χ0) is 6.43. The van der Waals surface area contributed by atoms with Crippen LogP contribution in [0.2, 0.25) is 0 Å². The smallest absolute Gasteiger partial charge is 0.0320 e. The Morgan fingerprint density at radius 3 is 2.67 bits per heavy atom. The summed E-state index contributed by atoms with van der Waals surface area (Å²) in [4.78, 5) is 0. The molecule has 52 valence electrons. The summed E-state index contributed by atoms with van der Waals surface area (Å²) in [5.41, 5.74) is 0. The predicted molar refractivity (Wildman–Crippen MR) is 45.5 cm³/mol. The molecule has 0 aromatic carbocycles. The summed E-state index contributed by atoms with van der Waals surface area (Å²) in [6.07, 6.45) is 1.40. The van der Waals surface area contributed by atoms with Crippen LogP contribution >= 0.6 is 22.9 Å². The molecular formula is C6H11IN2. The van der Waals surface area contributed by atoms with Crippen LogP contribution < -0.4 is 5.32 Å². The van der Waals surface area contributed by atoms with Gasteiger partial charge in [0.15, 0.2) is 0 Å². The van der Waals surface area contributed by atoms with Crippen LogP contribution in [-0.2, 0) is 0 Å². The van der Waals surface area contributed by atoms with Crippen molar-refractivity contribution in [3.63, 3.8) is 0 Å². The number of fused-ring (bicyclic) bond motifs is 2. The number of nitrogens with zero attached hydrogens (tertiary/aromatic N) is 1. The highest BCUT2D eigenvalue weighted by Crippen LogP contribution is 2.28. The van der Waals surface area contributed by atoms with Crippen molar-refractivity contribution in [2.75, 3.05) is 6.54 Å². The van der Waals surface area contributed by atoms with Crippen molar-refractivity contribution in [1.82, 2.24) is 8.43 Å². The Kier molecular flexibility index (Phi) is 1.46. The van der Waals surface area contributed by atoms with Gasteiger partial charge < -0.3 is 5.32 Å². The Bertz CT molecular complexity index is 120. The van der Waals surface area contributed by atoms with E-state index in [4.69, 9.17) is 0 Å². The predicted octanol–water partition coefficient (Wildman–Crippen LogP) is 0.771. The number of hydrogen-bond donors (Lipinski definition) is 1. The van der Waals surface area contributed by atoms with Crippen LogP contribution in [0.1, 0.15) is 13.3 Å². The number of hydrogen-bond acceptors (Lipinski definition) is 2. The van der Waals surface area contributed by atoms with Crippen molar-refractivity contribution in [2.24, 2.45) is 0 Å². The topological polar surface area (TPSA) is 15.3 Å². The van der Waals surface area contributed by atoms with Crippen molar-refractivity contribution < 1.29 is 0 Å². The van der Waals surface area contributed by atoms with E-state index in [2.05, 4.69) is 38.2 Å². The second-order valence-electron chi connectivity index (χ2n) is 3.03. The quantitative estimate of drug-likeness (QED) is 0.495. The van der Waals surface area contributed by atoms with E-state index in [0.29, 0.717) is 0 Å². The third-order valence-electron chi connectivity index (χ3n) is 2.41. The summed E-state index contributed by atoms with van der Waals surface area (Å²) in [5.74, 6) is 0. The summed E-state index contributed by atoms with van der Waals surface area (Å²) in [6, 6.07) is 2.35. The van der Waals surface area contributed by atoms with E-state index >= 15 is 0 Å². The molecule has 1 N–H and O–H groups in total. The molecule has 3 aliphatic heterocycles. The Hall–Kier alpha value is 0.650. The molecule has 3 aliphatic rings. The molecule has 3 rings (SSSR count). The van der Waals surface area contributed by atoms with Crippen molar-refractivity contribution in [2.45, 2.75) is 31.5 Å². The van der Waals surface area contributed by atoms with Crippen molar-refractivity contribution in [1.29, 1.82) is 0 Å². The molecule has 2 bridgehead atoms. The maximum atomic E-state index is 3.51. The van der Waals surface area contributed by atoms with Gasteiger partial charge in [0.05, 0.1) is 0 Å². The van der Waals surface area contributed by atoms with Crippen molar-refractivity contribution in [3.8, 4) is 0 Å². The standard InChI is InChI=1S/C6H11IN2/c1-4-6-2-5(8-6)3-9(4)7/h4-6,8H,2-3H2,1H3. The lowest BCUT2D eigenvalue weighted by atomic mass is 9.87. The lowest BCUT2D eigenvalue weighted by molar-refractivity contribution is 0.104. The lowest BCUT2D eigenvalue weighted by Gasteiger charge is -2.50. The van der Waals surface area contributed by atoms with Crippen LogP contribution in [-0.4, -0.2) is 27.8 Å². The van der Waals surface area contributed by atoms with E-state index < -0.39 is 0 Å². The van der Waals surface area contributed by atoms with E-state index in [9.17, 15) is 0 Å². The van der Waals surface area contributed by atoms with Crippen LogP contribution in [0, 0.1) is 0 Å². The summed E-state index contributed by atoms with van der Waals surface area (Å²) >= 11 is 2.42. The minimum Gasteiger partial charge on any atom is -0.308 e. The van der Waals surface area contributed by atoms with Gasteiger partial charge >= 0.3 is 0 Å². The van der Waals surface area contributed by atoms with E-state index in [1.165, 1.54) is 13.0 Å². The van der Waals surface area contributed by atoms with Gasteiger partial charge in [-0.1, -0.05) is 0 Å². The Labute approximate surface area is 69.5 Å². The van der Waals surface area contributed by atoms with Gasteiger partial charge in [0.1, 0.15) is 0 Å². The fourth-order valence-corrected chi connectivity index (χ4v) is 2.48. The van der Waals surface area contributed by atoms with Gasteiger partial charge in [-0.3, -0.25) is 0 Å². The summed E-state index contributed by atoms with van der Waals surface area (Å²) in [5, 5.41) is 3.51. The maximum Gasteiger partial charge on any atom is 0.0320 e. The highest BCUT2D eigenvalue weighted by molar-refractivity contribution is 14.1. The van der Waals surface area contributed by atoms with E-state index in [1.54, 1.807) is 0 Å². The van der Waals surface area contributed by atoms with Gasteiger partial charge in [-0.25, -0.2) is 3.11 Å². The zero-order valence-electron chi connectivity index (χ0n) is 5.47. The van der Waals surface area contributed by atoms with E-state index in [-0.39, 0.29) is 0 Å². The number of piperidine rings is 1. The van der Waals surface area contributed by atoms with Crippen LogP contribution in [0.5, 0.6) is 0 Å². The molecule has 3 atom stereocenters. The molecule has 3 heteroatoms. The highest BCUT2D eigenvalue weighted by Gasteiger charge is 2.40. The minimum absolute atomic E-state index is 0.746. The molecule has 0 saturated carbocycles. The number of halogens is 1. The van der Waals surface area contributed by atoms with Gasteiger partial charge in [0.2, 0.25) is 0 Å². The first-order valence-corrected chi connectivity index (χ1v) is 4.42. The summed E-state index contributed by atoms with van der Waals surface area (Å²) in [7, 11) is 0. The van der Waals surface area contributed by atoms with Crippen molar-refractivity contribution >= 4 is 22.9 Å². The molecule has 3 heterocycles. The van der Waals surface area contributed by atoms with Crippen LogP contribution in [0.25, 0.3) is 0 Å². The second kappa shape index (κ2) is 2.07. The van der Waals surface area contributed by atoms with Crippen LogP contribution in [0.3, 0.4) is 0 Å². The zero-order valence-corrected chi connectivity index (χ0v) is 7.63. The van der Waals surface area contributed by atoms with Crippen LogP contribution in [0.4, 0.5) is 0 Å². The summed E-state index contributed by atoms with van der Waals surface area (Å²) < 4.78 is 2.41. The lowest BCUT2D eigenvalue weighted by Crippen LogP contribution is -2.68. The minimum atomic E-state index is 0.746. The first-order valence-electron chi connectivity index (χ1n) is 3.46. The third kappa shape index (κ3) is 0.897. The molecule has 3 saturated heterocycles. The number of nitrogens with one attached hydrogen (secondary N) is 1. The number of piperazine rings is 1. The van der Waals surface area contributed by atoms with Gasteiger partial charge in [-0.2, -0.15) is 0 Å². The van der Waals surface area contributed by atoms with Gasteiger partial charge in [0, 0.05) is 47.5 Å². The average Bonchev–Trinajstić information content (AvgIpc) is 1.72. The van der Waals surface area contributed by atoms with Crippen molar-refractivity contribution in [3.05, 3.63) is 0 Å². The molecule has 2 nitrogen and oxygen atoms in total. The third-order valence-corrected chi connectivity index (χ3v) is 3.68. The molecule has 3 unspecified atom stereocenters. The van der Waals surface area contributed by atoms with Gasteiger partial charge in [-0.15, -0.1) is 0 Å². The Morgan fingerprint density at radius 2 is 2.33 bits per heavy atom. The monoisotopic (exact) mass is 238 g/mol. The normalized spacial score (nSPS) is 50.7. The molecule has 0 aromatic heterocycles. The molecule has 9 heavy (non-hydrogen) atoms. The molecule has 0 spiro atoms.